The number of phenolic OH excluding ortho intramolecular Hbond substituents is 1. The third-order valence-corrected chi connectivity index (χ3v) is 4.52. The Morgan fingerprint density at radius 2 is 1.71 bits per heavy atom. The normalized spacial score (nSPS) is 17.5. The fourth-order valence-electron chi connectivity index (χ4n) is 3.13. The summed E-state index contributed by atoms with van der Waals surface area (Å²) in [4.78, 5) is 0. The van der Waals surface area contributed by atoms with Gasteiger partial charge in [0.1, 0.15) is 0 Å². The summed E-state index contributed by atoms with van der Waals surface area (Å²) in [6.45, 7) is 3.02. The third-order valence-electron chi connectivity index (χ3n) is 4.52. The molecule has 1 aliphatic carbocycles. The molecule has 0 aliphatic heterocycles. The molecule has 0 aromatic heterocycles. The van der Waals surface area contributed by atoms with Gasteiger partial charge < -0.3 is 19.9 Å². The van der Waals surface area contributed by atoms with Gasteiger partial charge in [-0.2, -0.15) is 0 Å². The van der Waals surface area contributed by atoms with Crippen LogP contribution >= 0.6 is 0 Å². The molecule has 21 heavy (non-hydrogen) atoms. The summed E-state index contributed by atoms with van der Waals surface area (Å²) in [5.41, 5.74) is 1.06. The molecule has 1 atom stereocenters. The smallest absolute Gasteiger partial charge is 0.200 e. The maximum atomic E-state index is 9.92. The Balaban J connectivity index is 1.98. The second kappa shape index (κ2) is 7.55. The van der Waals surface area contributed by atoms with Crippen molar-refractivity contribution in [1.82, 2.24) is 5.32 Å². The molecule has 1 aromatic carbocycles. The zero-order chi connectivity index (χ0) is 15.2. The minimum atomic E-state index is 0.0593. The number of hydrogen-bond acceptors (Lipinski definition) is 4. The lowest BCUT2D eigenvalue weighted by Gasteiger charge is -2.28. The van der Waals surface area contributed by atoms with Crippen molar-refractivity contribution in [1.29, 1.82) is 0 Å². The van der Waals surface area contributed by atoms with Gasteiger partial charge in [-0.3, -0.25) is 0 Å². The second-order valence-corrected chi connectivity index (χ2v) is 5.92. The largest absolute Gasteiger partial charge is 0.502 e. The molecule has 1 fully saturated rings. The molecule has 0 radical (unpaired) electrons. The van der Waals surface area contributed by atoms with E-state index in [4.69, 9.17) is 9.47 Å². The van der Waals surface area contributed by atoms with E-state index in [9.17, 15) is 5.11 Å². The summed E-state index contributed by atoms with van der Waals surface area (Å²) in [6.07, 6.45) is 6.76. The molecule has 0 bridgehead atoms. The van der Waals surface area contributed by atoms with E-state index in [0.29, 0.717) is 17.5 Å². The van der Waals surface area contributed by atoms with Crippen LogP contribution in [0.3, 0.4) is 0 Å². The minimum Gasteiger partial charge on any atom is -0.502 e. The highest BCUT2D eigenvalue weighted by Crippen LogP contribution is 2.37. The van der Waals surface area contributed by atoms with E-state index >= 15 is 0 Å². The zero-order valence-electron chi connectivity index (χ0n) is 13.3. The third kappa shape index (κ3) is 4.03. The molecular formula is C17H27NO3. The van der Waals surface area contributed by atoms with Crippen LogP contribution in [0.25, 0.3) is 0 Å². The van der Waals surface area contributed by atoms with Crippen LogP contribution < -0.4 is 14.8 Å². The fraction of sp³-hybridized carbons (Fsp3) is 0.647. The molecule has 2 rings (SSSR count). The molecule has 0 spiro atoms. The SMILES string of the molecule is COc1cc(CN[C@H](C)C2CCCCC2)cc(OC)c1O. The first-order valence-electron chi connectivity index (χ1n) is 7.83. The first-order valence-corrected chi connectivity index (χ1v) is 7.83. The second-order valence-electron chi connectivity index (χ2n) is 5.92. The van der Waals surface area contributed by atoms with Gasteiger partial charge in [0.15, 0.2) is 11.5 Å². The van der Waals surface area contributed by atoms with E-state index in [-0.39, 0.29) is 5.75 Å². The summed E-state index contributed by atoms with van der Waals surface area (Å²) >= 11 is 0. The average molecular weight is 293 g/mol. The Morgan fingerprint density at radius 1 is 1.14 bits per heavy atom. The summed E-state index contributed by atoms with van der Waals surface area (Å²) in [5, 5.41) is 13.5. The molecule has 2 N–H and O–H groups in total. The molecule has 0 unspecified atom stereocenters. The molecule has 1 saturated carbocycles. The van der Waals surface area contributed by atoms with Crippen LogP contribution in [0.2, 0.25) is 0 Å². The van der Waals surface area contributed by atoms with Gasteiger partial charge in [0, 0.05) is 12.6 Å². The van der Waals surface area contributed by atoms with Crippen LogP contribution in [0.4, 0.5) is 0 Å². The van der Waals surface area contributed by atoms with Gasteiger partial charge in [-0.1, -0.05) is 19.3 Å². The van der Waals surface area contributed by atoms with Crippen molar-refractivity contribution in [3.8, 4) is 17.2 Å². The molecule has 0 saturated heterocycles. The van der Waals surface area contributed by atoms with E-state index < -0.39 is 0 Å². The van der Waals surface area contributed by atoms with Crippen molar-refractivity contribution < 1.29 is 14.6 Å². The summed E-state index contributed by atoms with van der Waals surface area (Å²) in [5.74, 6) is 1.75. The van der Waals surface area contributed by atoms with Gasteiger partial charge >= 0.3 is 0 Å². The number of aromatic hydroxyl groups is 1. The number of benzene rings is 1. The fourth-order valence-corrected chi connectivity index (χ4v) is 3.13. The number of hydrogen-bond donors (Lipinski definition) is 2. The van der Waals surface area contributed by atoms with Crippen LogP contribution in [0.1, 0.15) is 44.6 Å². The van der Waals surface area contributed by atoms with Crippen molar-refractivity contribution >= 4 is 0 Å². The number of nitrogens with one attached hydrogen (secondary N) is 1. The zero-order valence-corrected chi connectivity index (χ0v) is 13.3. The number of rotatable bonds is 6. The Hall–Kier alpha value is -1.42. The molecule has 0 amide bonds. The lowest BCUT2D eigenvalue weighted by molar-refractivity contribution is 0.280. The maximum Gasteiger partial charge on any atom is 0.200 e. The van der Waals surface area contributed by atoms with Gasteiger partial charge in [0.25, 0.3) is 0 Å². The summed E-state index contributed by atoms with van der Waals surface area (Å²) in [7, 11) is 3.10. The predicted octanol–water partition coefficient (Wildman–Crippen LogP) is 3.47. The lowest BCUT2D eigenvalue weighted by Crippen LogP contribution is -2.34. The highest BCUT2D eigenvalue weighted by Gasteiger charge is 2.20. The van der Waals surface area contributed by atoms with Gasteiger partial charge in [-0.05, 0) is 43.4 Å². The first-order chi connectivity index (χ1) is 10.2. The van der Waals surface area contributed by atoms with Crippen molar-refractivity contribution in [2.75, 3.05) is 14.2 Å². The van der Waals surface area contributed by atoms with Crippen molar-refractivity contribution in [3.05, 3.63) is 17.7 Å². The Kier molecular flexibility index (Phi) is 5.74. The van der Waals surface area contributed by atoms with Gasteiger partial charge in [-0.15, -0.1) is 0 Å². The number of methoxy groups -OCH3 is 2. The van der Waals surface area contributed by atoms with E-state index in [1.165, 1.54) is 32.1 Å². The lowest BCUT2D eigenvalue weighted by atomic mass is 9.84. The molecular weight excluding hydrogens is 266 g/mol. The van der Waals surface area contributed by atoms with E-state index in [1.54, 1.807) is 14.2 Å². The van der Waals surface area contributed by atoms with Crippen LogP contribution in [0, 0.1) is 5.92 Å². The summed E-state index contributed by atoms with van der Waals surface area (Å²) < 4.78 is 10.4. The van der Waals surface area contributed by atoms with E-state index in [1.807, 2.05) is 12.1 Å². The Labute approximate surface area is 127 Å². The molecule has 4 nitrogen and oxygen atoms in total. The van der Waals surface area contributed by atoms with Crippen molar-refractivity contribution in [2.24, 2.45) is 5.92 Å². The Bertz CT molecular complexity index is 430. The molecule has 1 aliphatic rings. The van der Waals surface area contributed by atoms with Gasteiger partial charge in [0.05, 0.1) is 14.2 Å². The summed E-state index contributed by atoms with van der Waals surface area (Å²) in [6, 6.07) is 4.23. The topological polar surface area (TPSA) is 50.7 Å². The van der Waals surface area contributed by atoms with Gasteiger partial charge in [-0.25, -0.2) is 0 Å². The first kappa shape index (κ1) is 16.0. The number of phenols is 1. The van der Waals surface area contributed by atoms with Crippen LogP contribution in [0.15, 0.2) is 12.1 Å². The quantitative estimate of drug-likeness (QED) is 0.843. The molecule has 118 valence electrons. The molecule has 0 heterocycles. The van der Waals surface area contributed by atoms with E-state index in [0.717, 1.165) is 18.0 Å². The van der Waals surface area contributed by atoms with Crippen molar-refractivity contribution in [3.63, 3.8) is 0 Å². The standard InChI is InChI=1S/C17H27NO3/c1-12(14-7-5-4-6-8-14)18-11-13-9-15(20-2)17(19)16(10-13)21-3/h9-10,12,14,18-19H,4-8,11H2,1-3H3/t12-/m1/s1. The van der Waals surface area contributed by atoms with Crippen molar-refractivity contribution in [2.45, 2.75) is 51.6 Å². The minimum absolute atomic E-state index is 0.0593. The van der Waals surface area contributed by atoms with E-state index in [2.05, 4.69) is 12.2 Å². The number of ether oxygens (including phenoxy) is 2. The molecule has 4 heteroatoms. The Morgan fingerprint density at radius 3 is 2.24 bits per heavy atom. The maximum absolute atomic E-state index is 9.92. The highest BCUT2D eigenvalue weighted by atomic mass is 16.5. The predicted molar refractivity (Wildman–Crippen MR) is 84.1 cm³/mol. The monoisotopic (exact) mass is 293 g/mol. The molecule has 1 aromatic rings. The average Bonchev–Trinajstić information content (AvgIpc) is 2.54. The van der Waals surface area contributed by atoms with Crippen LogP contribution in [0.5, 0.6) is 17.2 Å². The van der Waals surface area contributed by atoms with Gasteiger partial charge in [0.2, 0.25) is 5.75 Å². The highest BCUT2D eigenvalue weighted by molar-refractivity contribution is 5.52. The van der Waals surface area contributed by atoms with Crippen LogP contribution in [-0.2, 0) is 6.54 Å². The van der Waals surface area contributed by atoms with Crippen LogP contribution in [-0.4, -0.2) is 25.4 Å².